The van der Waals surface area contributed by atoms with E-state index in [0.717, 1.165) is 0 Å². The highest BCUT2D eigenvalue weighted by atomic mass is 32.2. The number of Topliss-reactive ketones (excluding diaryl/α,β-unsaturated/α-hetero) is 1. The molecule has 7 heteroatoms. The molecule has 2 rings (SSSR count). The molecule has 0 atom stereocenters. The SMILES string of the molecule is CC(C)(C)C(=O)CSc1nnc(COc2ccc(F)cc2)o1. The van der Waals surface area contributed by atoms with Gasteiger partial charge in [0, 0.05) is 5.41 Å². The molecule has 0 saturated carbocycles. The summed E-state index contributed by atoms with van der Waals surface area (Å²) in [6.07, 6.45) is 0. The number of benzene rings is 1. The minimum absolute atomic E-state index is 0.0897. The first-order valence-corrected chi connectivity index (χ1v) is 7.70. The van der Waals surface area contributed by atoms with Gasteiger partial charge in [-0.15, -0.1) is 10.2 Å². The van der Waals surface area contributed by atoms with Crippen LogP contribution in [0.15, 0.2) is 33.9 Å². The summed E-state index contributed by atoms with van der Waals surface area (Å²) in [5, 5.41) is 8.02. The molecule has 118 valence electrons. The van der Waals surface area contributed by atoms with E-state index in [1.807, 2.05) is 20.8 Å². The molecule has 0 unspecified atom stereocenters. The van der Waals surface area contributed by atoms with Crippen LogP contribution in [0.4, 0.5) is 4.39 Å². The predicted octanol–water partition coefficient (Wildman–Crippen LogP) is 3.50. The molecule has 0 N–H and O–H groups in total. The van der Waals surface area contributed by atoms with Gasteiger partial charge in [0.2, 0.25) is 0 Å². The lowest BCUT2D eigenvalue weighted by Crippen LogP contribution is -2.21. The molecule has 0 fully saturated rings. The van der Waals surface area contributed by atoms with Gasteiger partial charge in [0.25, 0.3) is 11.1 Å². The summed E-state index contributed by atoms with van der Waals surface area (Å²) in [5.74, 6) is 0.878. The van der Waals surface area contributed by atoms with Gasteiger partial charge in [-0.2, -0.15) is 0 Å². The molecule has 1 heterocycles. The molecule has 1 aromatic carbocycles. The third kappa shape index (κ3) is 4.84. The molecule has 0 spiro atoms. The summed E-state index contributed by atoms with van der Waals surface area (Å²) in [5.41, 5.74) is -0.387. The Balaban J connectivity index is 1.84. The lowest BCUT2D eigenvalue weighted by atomic mass is 9.92. The highest BCUT2D eigenvalue weighted by Gasteiger charge is 2.22. The Bertz CT molecular complexity index is 635. The largest absolute Gasteiger partial charge is 0.484 e. The van der Waals surface area contributed by atoms with Crippen LogP contribution in [-0.2, 0) is 11.4 Å². The molecule has 0 aliphatic carbocycles. The van der Waals surface area contributed by atoms with Crippen LogP contribution in [0.2, 0.25) is 0 Å². The van der Waals surface area contributed by atoms with E-state index in [1.54, 1.807) is 0 Å². The third-order valence-corrected chi connectivity index (χ3v) is 3.61. The highest BCUT2D eigenvalue weighted by molar-refractivity contribution is 7.99. The van der Waals surface area contributed by atoms with E-state index >= 15 is 0 Å². The van der Waals surface area contributed by atoms with Crippen molar-refractivity contribution in [2.75, 3.05) is 5.75 Å². The standard InChI is InChI=1S/C15H17FN2O3S/c1-15(2,3)12(19)9-22-14-18-17-13(21-14)8-20-11-6-4-10(16)5-7-11/h4-7H,8-9H2,1-3H3. The van der Waals surface area contributed by atoms with Gasteiger partial charge < -0.3 is 9.15 Å². The van der Waals surface area contributed by atoms with Crippen molar-refractivity contribution in [1.82, 2.24) is 10.2 Å². The molecule has 1 aromatic heterocycles. The number of halogens is 1. The second kappa shape index (κ2) is 6.91. The Kier molecular flexibility index (Phi) is 5.18. The van der Waals surface area contributed by atoms with Crippen molar-refractivity contribution < 1.29 is 18.3 Å². The maximum absolute atomic E-state index is 12.8. The summed E-state index contributed by atoms with van der Waals surface area (Å²) < 4.78 is 23.5. The fraction of sp³-hybridized carbons (Fsp3) is 0.400. The average molecular weight is 324 g/mol. The Morgan fingerprint density at radius 2 is 1.95 bits per heavy atom. The van der Waals surface area contributed by atoms with Crippen molar-refractivity contribution in [1.29, 1.82) is 0 Å². The Morgan fingerprint density at radius 1 is 1.27 bits per heavy atom. The zero-order valence-electron chi connectivity index (χ0n) is 12.6. The van der Waals surface area contributed by atoms with E-state index in [2.05, 4.69) is 10.2 Å². The van der Waals surface area contributed by atoms with Crippen LogP contribution in [-0.4, -0.2) is 21.7 Å². The first-order valence-electron chi connectivity index (χ1n) is 6.71. The van der Waals surface area contributed by atoms with Crippen molar-refractivity contribution in [3.05, 3.63) is 36.0 Å². The van der Waals surface area contributed by atoms with E-state index in [4.69, 9.17) is 9.15 Å². The second-order valence-electron chi connectivity index (χ2n) is 5.67. The van der Waals surface area contributed by atoms with E-state index in [0.29, 0.717) is 16.9 Å². The predicted molar refractivity (Wildman–Crippen MR) is 80.2 cm³/mol. The molecule has 0 aliphatic heterocycles. The minimum atomic E-state index is -0.387. The summed E-state index contributed by atoms with van der Waals surface area (Å²) in [7, 11) is 0. The Morgan fingerprint density at radius 3 is 2.59 bits per heavy atom. The highest BCUT2D eigenvalue weighted by Crippen LogP contribution is 2.22. The van der Waals surface area contributed by atoms with Gasteiger partial charge in [-0.25, -0.2) is 4.39 Å². The lowest BCUT2D eigenvalue weighted by Gasteiger charge is -2.14. The topological polar surface area (TPSA) is 65.2 Å². The van der Waals surface area contributed by atoms with Crippen LogP contribution in [0.25, 0.3) is 0 Å². The van der Waals surface area contributed by atoms with Gasteiger partial charge in [-0.05, 0) is 24.3 Å². The monoisotopic (exact) mass is 324 g/mol. The van der Waals surface area contributed by atoms with Crippen molar-refractivity contribution in [2.45, 2.75) is 32.6 Å². The molecule has 2 aromatic rings. The fourth-order valence-corrected chi connectivity index (χ4v) is 2.32. The smallest absolute Gasteiger partial charge is 0.277 e. The molecular formula is C15H17FN2O3S. The van der Waals surface area contributed by atoms with Crippen LogP contribution in [0, 0.1) is 11.2 Å². The molecule has 0 saturated heterocycles. The number of rotatable bonds is 6. The number of carbonyl (C=O) groups excluding carboxylic acids is 1. The van der Waals surface area contributed by atoms with Crippen LogP contribution < -0.4 is 4.74 Å². The quantitative estimate of drug-likeness (QED) is 0.758. The molecule has 0 aliphatic rings. The van der Waals surface area contributed by atoms with Crippen LogP contribution in [0.3, 0.4) is 0 Å². The number of carbonyl (C=O) groups is 1. The van der Waals surface area contributed by atoms with E-state index in [9.17, 15) is 9.18 Å². The Hall–Kier alpha value is -1.89. The van der Waals surface area contributed by atoms with E-state index < -0.39 is 0 Å². The number of thioether (sulfide) groups is 1. The number of aromatic nitrogens is 2. The van der Waals surface area contributed by atoms with Gasteiger partial charge in [0.1, 0.15) is 17.3 Å². The first-order chi connectivity index (χ1) is 10.3. The summed E-state index contributed by atoms with van der Waals surface area (Å²) in [6.45, 7) is 5.69. The molecule has 5 nitrogen and oxygen atoms in total. The van der Waals surface area contributed by atoms with Crippen LogP contribution >= 0.6 is 11.8 Å². The zero-order chi connectivity index (χ0) is 16.2. The van der Waals surface area contributed by atoms with E-state index in [1.165, 1.54) is 36.0 Å². The number of ether oxygens (including phenoxy) is 1. The second-order valence-corrected chi connectivity index (χ2v) is 6.59. The van der Waals surface area contributed by atoms with Gasteiger partial charge in [-0.1, -0.05) is 32.5 Å². The van der Waals surface area contributed by atoms with Crippen molar-refractivity contribution in [3.8, 4) is 5.75 Å². The minimum Gasteiger partial charge on any atom is -0.484 e. The fourth-order valence-electron chi connectivity index (χ4n) is 1.37. The van der Waals surface area contributed by atoms with Crippen LogP contribution in [0.1, 0.15) is 26.7 Å². The van der Waals surface area contributed by atoms with Crippen LogP contribution in [0.5, 0.6) is 5.75 Å². The third-order valence-electron chi connectivity index (χ3n) is 2.79. The van der Waals surface area contributed by atoms with Gasteiger partial charge in [-0.3, -0.25) is 4.79 Å². The number of hydrogen-bond acceptors (Lipinski definition) is 6. The molecule has 0 amide bonds. The van der Waals surface area contributed by atoms with Crippen molar-refractivity contribution in [3.63, 3.8) is 0 Å². The summed E-state index contributed by atoms with van der Waals surface area (Å²) in [4.78, 5) is 11.8. The first kappa shape index (κ1) is 16.5. The average Bonchev–Trinajstić information content (AvgIpc) is 2.91. The molecular weight excluding hydrogens is 307 g/mol. The van der Waals surface area contributed by atoms with Gasteiger partial charge >= 0.3 is 0 Å². The Labute approximate surface area is 132 Å². The molecule has 0 bridgehead atoms. The van der Waals surface area contributed by atoms with Gasteiger partial charge in [0.15, 0.2) is 6.61 Å². The summed E-state index contributed by atoms with van der Waals surface area (Å²) in [6, 6.07) is 5.65. The van der Waals surface area contributed by atoms with E-state index in [-0.39, 0.29) is 29.4 Å². The zero-order valence-corrected chi connectivity index (χ0v) is 13.4. The number of ketones is 1. The van der Waals surface area contributed by atoms with Crippen molar-refractivity contribution in [2.24, 2.45) is 5.41 Å². The van der Waals surface area contributed by atoms with Gasteiger partial charge in [0.05, 0.1) is 5.75 Å². The maximum Gasteiger partial charge on any atom is 0.277 e. The number of hydrogen-bond donors (Lipinski definition) is 0. The summed E-state index contributed by atoms with van der Waals surface area (Å²) >= 11 is 1.20. The molecule has 0 radical (unpaired) electrons. The lowest BCUT2D eigenvalue weighted by molar-refractivity contribution is -0.123. The normalized spacial score (nSPS) is 11.5. The molecule has 22 heavy (non-hydrogen) atoms. The van der Waals surface area contributed by atoms with Crippen molar-refractivity contribution >= 4 is 17.5 Å². The maximum atomic E-state index is 12.8. The number of nitrogens with zero attached hydrogens (tertiary/aromatic N) is 2.